The Morgan fingerprint density at radius 1 is 0.950 bits per heavy atom. The van der Waals surface area contributed by atoms with Crippen molar-refractivity contribution in [3.63, 3.8) is 0 Å². The van der Waals surface area contributed by atoms with Crippen molar-refractivity contribution in [1.29, 1.82) is 0 Å². The molecule has 1 aliphatic carbocycles. The summed E-state index contributed by atoms with van der Waals surface area (Å²) >= 11 is 0. The molecule has 0 heteroatoms. The Morgan fingerprint density at radius 3 is 2.45 bits per heavy atom. The fourth-order valence-electron chi connectivity index (χ4n) is 3.92. The van der Waals surface area contributed by atoms with Gasteiger partial charge in [0.2, 0.25) is 0 Å². The molecule has 1 aromatic rings. The van der Waals surface area contributed by atoms with E-state index in [1.165, 1.54) is 69.8 Å². The van der Waals surface area contributed by atoms with Gasteiger partial charge in [-0.3, -0.25) is 0 Å². The van der Waals surface area contributed by atoms with Gasteiger partial charge in [-0.1, -0.05) is 57.6 Å². The summed E-state index contributed by atoms with van der Waals surface area (Å²) in [4.78, 5) is 0. The Bertz CT molecular complexity index is 416. The van der Waals surface area contributed by atoms with E-state index in [9.17, 15) is 0 Å². The second kappa shape index (κ2) is 7.86. The summed E-state index contributed by atoms with van der Waals surface area (Å²) in [5.74, 6) is 0.852. The van der Waals surface area contributed by atoms with Gasteiger partial charge < -0.3 is 0 Å². The van der Waals surface area contributed by atoms with Crippen LogP contribution in [0.2, 0.25) is 0 Å². The fourth-order valence-corrected chi connectivity index (χ4v) is 3.92. The first kappa shape index (κ1) is 15.6. The van der Waals surface area contributed by atoms with Gasteiger partial charge in [-0.25, -0.2) is 0 Å². The normalized spacial score (nSPS) is 18.1. The van der Waals surface area contributed by atoms with Crippen molar-refractivity contribution in [3.05, 3.63) is 34.4 Å². The van der Waals surface area contributed by atoms with Crippen molar-refractivity contribution in [2.75, 3.05) is 0 Å². The molecule has 2 rings (SSSR count). The van der Waals surface area contributed by atoms with Crippen molar-refractivity contribution in [2.45, 2.75) is 90.9 Å². The van der Waals surface area contributed by atoms with Gasteiger partial charge in [0, 0.05) is 0 Å². The van der Waals surface area contributed by atoms with E-state index in [0.717, 1.165) is 5.92 Å². The quantitative estimate of drug-likeness (QED) is 0.499. The zero-order chi connectivity index (χ0) is 14.4. The zero-order valence-corrected chi connectivity index (χ0v) is 13.8. The van der Waals surface area contributed by atoms with Gasteiger partial charge in [-0.15, -0.1) is 0 Å². The van der Waals surface area contributed by atoms with E-state index >= 15 is 0 Å². The highest BCUT2D eigenvalue weighted by Gasteiger charge is 2.22. The monoisotopic (exact) mass is 272 g/mol. The first-order valence-electron chi connectivity index (χ1n) is 8.83. The van der Waals surface area contributed by atoms with Gasteiger partial charge in [0.15, 0.2) is 0 Å². The highest BCUT2D eigenvalue weighted by Crippen LogP contribution is 2.38. The second-order valence-corrected chi connectivity index (χ2v) is 6.74. The minimum Gasteiger partial charge on any atom is -0.0654 e. The lowest BCUT2D eigenvalue weighted by molar-refractivity contribution is 0.481. The Labute approximate surface area is 126 Å². The van der Waals surface area contributed by atoms with Crippen LogP contribution in [0.1, 0.15) is 92.9 Å². The highest BCUT2D eigenvalue weighted by molar-refractivity contribution is 5.43. The van der Waals surface area contributed by atoms with Crippen LogP contribution in [-0.4, -0.2) is 0 Å². The van der Waals surface area contributed by atoms with Crippen LogP contribution in [0.3, 0.4) is 0 Å². The SMILES string of the molecule is CCCCCCCCC1CCCc2c(C)ccc(C)c21. The summed E-state index contributed by atoms with van der Waals surface area (Å²) in [6.07, 6.45) is 14.1. The number of fused-ring (bicyclic) bond motifs is 1. The lowest BCUT2D eigenvalue weighted by Crippen LogP contribution is -2.13. The molecule has 0 saturated carbocycles. The maximum Gasteiger partial charge on any atom is -0.0156 e. The van der Waals surface area contributed by atoms with Gasteiger partial charge in [0.25, 0.3) is 0 Å². The molecule has 1 unspecified atom stereocenters. The van der Waals surface area contributed by atoms with Crippen molar-refractivity contribution in [3.8, 4) is 0 Å². The molecule has 0 nitrogen and oxygen atoms in total. The molecule has 1 aromatic carbocycles. The third-order valence-corrected chi connectivity index (χ3v) is 5.10. The van der Waals surface area contributed by atoms with Gasteiger partial charge in [-0.2, -0.15) is 0 Å². The molecule has 20 heavy (non-hydrogen) atoms. The van der Waals surface area contributed by atoms with E-state index in [2.05, 4.69) is 32.9 Å². The van der Waals surface area contributed by atoms with Crippen LogP contribution in [-0.2, 0) is 6.42 Å². The molecule has 0 amide bonds. The van der Waals surface area contributed by atoms with E-state index in [0.29, 0.717) is 0 Å². The van der Waals surface area contributed by atoms with Gasteiger partial charge in [0.1, 0.15) is 0 Å². The topological polar surface area (TPSA) is 0 Å². The zero-order valence-electron chi connectivity index (χ0n) is 13.8. The summed E-state index contributed by atoms with van der Waals surface area (Å²) in [5, 5.41) is 0. The molecular weight excluding hydrogens is 240 g/mol. The number of rotatable bonds is 7. The molecule has 0 aromatic heterocycles. The predicted molar refractivity (Wildman–Crippen MR) is 89.6 cm³/mol. The summed E-state index contributed by atoms with van der Waals surface area (Å²) in [7, 11) is 0. The Hall–Kier alpha value is -0.780. The molecule has 1 atom stereocenters. The third kappa shape index (κ3) is 3.87. The van der Waals surface area contributed by atoms with Crippen molar-refractivity contribution < 1.29 is 0 Å². The summed E-state index contributed by atoms with van der Waals surface area (Å²) in [6, 6.07) is 4.66. The van der Waals surface area contributed by atoms with Gasteiger partial charge in [-0.05, 0) is 67.7 Å². The number of unbranched alkanes of at least 4 members (excludes halogenated alkanes) is 5. The van der Waals surface area contributed by atoms with Gasteiger partial charge in [0.05, 0.1) is 0 Å². The third-order valence-electron chi connectivity index (χ3n) is 5.10. The molecule has 0 fully saturated rings. The van der Waals surface area contributed by atoms with Gasteiger partial charge >= 0.3 is 0 Å². The maximum atomic E-state index is 2.34. The maximum absolute atomic E-state index is 2.34. The number of hydrogen-bond donors (Lipinski definition) is 0. The molecule has 112 valence electrons. The molecule has 0 saturated heterocycles. The lowest BCUT2D eigenvalue weighted by Gasteiger charge is -2.29. The first-order valence-corrected chi connectivity index (χ1v) is 8.83. The van der Waals surface area contributed by atoms with Crippen molar-refractivity contribution >= 4 is 0 Å². The number of aryl methyl sites for hydroxylation is 2. The van der Waals surface area contributed by atoms with E-state index < -0.39 is 0 Å². The van der Waals surface area contributed by atoms with Crippen LogP contribution in [0.15, 0.2) is 12.1 Å². The summed E-state index contributed by atoms with van der Waals surface area (Å²) in [6.45, 7) is 6.91. The number of benzene rings is 1. The van der Waals surface area contributed by atoms with E-state index in [4.69, 9.17) is 0 Å². The van der Waals surface area contributed by atoms with E-state index in [1.54, 1.807) is 16.7 Å². The number of hydrogen-bond acceptors (Lipinski definition) is 0. The van der Waals surface area contributed by atoms with Crippen LogP contribution in [0, 0.1) is 13.8 Å². The molecule has 0 spiro atoms. The van der Waals surface area contributed by atoms with Crippen LogP contribution in [0.5, 0.6) is 0 Å². The Balaban J connectivity index is 1.90. The van der Waals surface area contributed by atoms with Crippen molar-refractivity contribution in [2.24, 2.45) is 0 Å². The van der Waals surface area contributed by atoms with E-state index in [-0.39, 0.29) is 0 Å². The van der Waals surface area contributed by atoms with Crippen LogP contribution in [0.25, 0.3) is 0 Å². The Kier molecular flexibility index (Phi) is 6.13. The Morgan fingerprint density at radius 2 is 1.65 bits per heavy atom. The fraction of sp³-hybridized carbons (Fsp3) is 0.700. The predicted octanol–water partition coefficient (Wildman–Crippen LogP) is 6.47. The average Bonchev–Trinajstić information content (AvgIpc) is 2.46. The molecule has 0 bridgehead atoms. The molecule has 1 aliphatic rings. The molecule has 0 radical (unpaired) electrons. The second-order valence-electron chi connectivity index (χ2n) is 6.74. The molecule has 0 aliphatic heterocycles. The lowest BCUT2D eigenvalue weighted by atomic mass is 9.76. The van der Waals surface area contributed by atoms with Crippen LogP contribution < -0.4 is 0 Å². The standard InChI is InChI=1S/C20H32/c1-4-5-6-7-8-9-11-18-12-10-13-19-16(2)14-15-17(3)20(18)19/h14-15,18H,4-13H2,1-3H3. The summed E-state index contributed by atoms with van der Waals surface area (Å²) < 4.78 is 0. The van der Waals surface area contributed by atoms with Crippen LogP contribution in [0.4, 0.5) is 0 Å². The smallest absolute Gasteiger partial charge is 0.0156 e. The highest BCUT2D eigenvalue weighted by atomic mass is 14.3. The average molecular weight is 272 g/mol. The van der Waals surface area contributed by atoms with Crippen LogP contribution >= 0.6 is 0 Å². The molecule has 0 heterocycles. The van der Waals surface area contributed by atoms with Crippen molar-refractivity contribution in [1.82, 2.24) is 0 Å². The summed E-state index contributed by atoms with van der Waals surface area (Å²) in [5.41, 5.74) is 6.48. The first-order chi connectivity index (χ1) is 9.74. The molecular formula is C20H32. The van der Waals surface area contributed by atoms with E-state index in [1.807, 2.05) is 0 Å². The minimum atomic E-state index is 0.852. The largest absolute Gasteiger partial charge is 0.0654 e. The molecule has 0 N–H and O–H groups in total. The minimum absolute atomic E-state index is 0.852.